The predicted octanol–water partition coefficient (Wildman–Crippen LogP) is 6.31. The van der Waals surface area contributed by atoms with Gasteiger partial charge in [0.1, 0.15) is 5.75 Å². The normalized spacial score (nSPS) is 20.9. The monoisotopic (exact) mass is 323 g/mol. The zero-order chi connectivity index (χ0) is 16.8. The Morgan fingerprint density at radius 1 is 0.958 bits per heavy atom. The quantitative estimate of drug-likeness (QED) is 0.632. The molecule has 0 saturated heterocycles. The Bertz CT molecular complexity index is 609. The van der Waals surface area contributed by atoms with E-state index in [1.165, 1.54) is 63.1 Å². The summed E-state index contributed by atoms with van der Waals surface area (Å²) in [6, 6.07) is 12.4. The van der Waals surface area contributed by atoms with Crippen molar-refractivity contribution >= 4 is 0 Å². The molecule has 3 rings (SSSR count). The third-order valence-electron chi connectivity index (χ3n) is 5.49. The van der Waals surface area contributed by atoms with Crippen LogP contribution in [-0.4, -0.2) is 10.1 Å². The van der Waals surface area contributed by atoms with Gasteiger partial charge in [0.25, 0.3) is 0 Å². The maximum atomic E-state index is 9.34. The molecule has 1 heterocycles. The molecule has 24 heavy (non-hydrogen) atoms. The number of pyridine rings is 1. The van der Waals surface area contributed by atoms with E-state index < -0.39 is 0 Å². The van der Waals surface area contributed by atoms with E-state index in [9.17, 15) is 5.11 Å². The van der Waals surface area contributed by atoms with Gasteiger partial charge in [-0.2, -0.15) is 0 Å². The number of hydrogen-bond donors (Lipinski definition) is 1. The van der Waals surface area contributed by atoms with Crippen molar-refractivity contribution in [3.63, 3.8) is 0 Å². The molecule has 0 radical (unpaired) electrons. The summed E-state index contributed by atoms with van der Waals surface area (Å²) in [5, 5.41) is 9.34. The summed E-state index contributed by atoms with van der Waals surface area (Å²) in [6.45, 7) is 2.29. The molecule has 1 aliphatic rings. The summed E-state index contributed by atoms with van der Waals surface area (Å²) in [4.78, 5) is 4.29. The van der Waals surface area contributed by atoms with Crippen molar-refractivity contribution in [1.82, 2.24) is 4.98 Å². The summed E-state index contributed by atoms with van der Waals surface area (Å²) in [7, 11) is 0. The van der Waals surface area contributed by atoms with E-state index in [4.69, 9.17) is 0 Å². The number of hydrogen-bond acceptors (Lipinski definition) is 2. The molecule has 0 amide bonds. The number of rotatable bonds is 6. The average molecular weight is 323 g/mol. The lowest BCUT2D eigenvalue weighted by molar-refractivity contribution is 0.303. The molecule has 1 saturated carbocycles. The van der Waals surface area contributed by atoms with E-state index >= 15 is 0 Å². The van der Waals surface area contributed by atoms with Crippen molar-refractivity contribution in [2.24, 2.45) is 5.92 Å². The molecule has 0 spiro atoms. The Kier molecular flexibility index (Phi) is 5.90. The van der Waals surface area contributed by atoms with Crippen molar-refractivity contribution in [2.45, 2.75) is 64.2 Å². The van der Waals surface area contributed by atoms with E-state index in [0.717, 1.165) is 23.1 Å². The van der Waals surface area contributed by atoms with E-state index in [0.29, 0.717) is 0 Å². The van der Waals surface area contributed by atoms with Crippen LogP contribution < -0.4 is 0 Å². The Hall–Kier alpha value is -1.83. The van der Waals surface area contributed by atoms with Gasteiger partial charge in [-0.1, -0.05) is 56.9 Å². The van der Waals surface area contributed by atoms with Crippen molar-refractivity contribution in [3.05, 3.63) is 48.2 Å². The minimum absolute atomic E-state index is 0.214. The minimum atomic E-state index is 0.214. The summed E-state index contributed by atoms with van der Waals surface area (Å²) in [5.41, 5.74) is 3.51. The highest BCUT2D eigenvalue weighted by Crippen LogP contribution is 2.38. The van der Waals surface area contributed by atoms with Gasteiger partial charge in [0.05, 0.1) is 11.9 Å². The molecule has 2 heteroatoms. The maximum absolute atomic E-state index is 9.34. The first-order chi connectivity index (χ1) is 11.8. The molecule has 1 aliphatic carbocycles. The van der Waals surface area contributed by atoms with E-state index in [1.807, 2.05) is 6.07 Å². The first kappa shape index (κ1) is 17.0. The van der Waals surface area contributed by atoms with Gasteiger partial charge in [-0.3, -0.25) is 4.98 Å². The van der Waals surface area contributed by atoms with Crippen LogP contribution >= 0.6 is 0 Å². The van der Waals surface area contributed by atoms with E-state index in [1.54, 1.807) is 6.07 Å². The highest BCUT2D eigenvalue weighted by molar-refractivity contribution is 5.59. The first-order valence-corrected chi connectivity index (χ1v) is 9.51. The van der Waals surface area contributed by atoms with Crippen molar-refractivity contribution in [2.75, 3.05) is 0 Å². The van der Waals surface area contributed by atoms with Gasteiger partial charge < -0.3 is 5.11 Å². The summed E-state index contributed by atoms with van der Waals surface area (Å²) in [6.07, 6.45) is 12.6. The molecule has 1 fully saturated rings. The molecule has 2 nitrogen and oxygen atoms in total. The maximum Gasteiger partial charge on any atom is 0.133 e. The van der Waals surface area contributed by atoms with E-state index in [-0.39, 0.29) is 5.75 Å². The van der Waals surface area contributed by atoms with Crippen LogP contribution in [0.1, 0.15) is 69.8 Å². The lowest BCUT2D eigenvalue weighted by Crippen LogP contribution is -2.13. The number of aromatic hydroxyl groups is 1. The molecule has 1 aromatic heterocycles. The smallest absolute Gasteiger partial charge is 0.133 e. The van der Waals surface area contributed by atoms with Gasteiger partial charge in [-0.25, -0.2) is 0 Å². The van der Waals surface area contributed by atoms with Crippen LogP contribution in [-0.2, 0) is 0 Å². The fraction of sp³-hybridized carbons (Fsp3) is 0.500. The summed E-state index contributed by atoms with van der Waals surface area (Å²) >= 11 is 0. The third-order valence-corrected chi connectivity index (χ3v) is 5.49. The van der Waals surface area contributed by atoms with Crippen molar-refractivity contribution < 1.29 is 5.11 Å². The molecule has 0 unspecified atom stereocenters. The number of benzene rings is 1. The fourth-order valence-corrected chi connectivity index (χ4v) is 3.95. The second-order valence-electron chi connectivity index (χ2n) is 7.24. The van der Waals surface area contributed by atoms with Gasteiger partial charge >= 0.3 is 0 Å². The SMILES string of the molecule is CCCCCC1CCC(c2ccc(-c3ccc(O)cn3)cc2)CC1. The summed E-state index contributed by atoms with van der Waals surface area (Å²) < 4.78 is 0. The zero-order valence-corrected chi connectivity index (χ0v) is 14.7. The molecule has 0 aliphatic heterocycles. The lowest BCUT2D eigenvalue weighted by Gasteiger charge is -2.29. The largest absolute Gasteiger partial charge is 0.506 e. The standard InChI is InChI=1S/C22H29NO/c1-2-3-4-5-17-6-8-18(9-7-17)19-10-12-20(13-11-19)22-15-14-21(24)16-23-22/h10-18,24H,2-9H2,1H3. The molecule has 1 aromatic carbocycles. The molecule has 0 bridgehead atoms. The first-order valence-electron chi connectivity index (χ1n) is 9.51. The molecule has 2 aromatic rings. The van der Waals surface area contributed by atoms with Crippen molar-refractivity contribution in [1.29, 1.82) is 0 Å². The van der Waals surface area contributed by atoms with Crippen molar-refractivity contribution in [3.8, 4) is 17.0 Å². The van der Waals surface area contributed by atoms with Crippen LogP contribution in [0.15, 0.2) is 42.6 Å². The van der Waals surface area contributed by atoms with Crippen LogP contribution in [0.2, 0.25) is 0 Å². The molecule has 1 N–H and O–H groups in total. The number of unbranched alkanes of at least 4 members (excludes halogenated alkanes) is 2. The third kappa shape index (κ3) is 4.37. The molecular weight excluding hydrogens is 294 g/mol. The lowest BCUT2D eigenvalue weighted by atomic mass is 9.77. The Balaban J connectivity index is 1.56. The van der Waals surface area contributed by atoms with Gasteiger partial charge in [-0.05, 0) is 55.2 Å². The fourth-order valence-electron chi connectivity index (χ4n) is 3.95. The minimum Gasteiger partial charge on any atom is -0.506 e. The van der Waals surface area contributed by atoms with Gasteiger partial charge in [0.15, 0.2) is 0 Å². The predicted molar refractivity (Wildman–Crippen MR) is 100 cm³/mol. The molecular formula is C22H29NO. The van der Waals surface area contributed by atoms with Crippen LogP contribution in [0.3, 0.4) is 0 Å². The van der Waals surface area contributed by atoms with Gasteiger partial charge in [0.2, 0.25) is 0 Å². The Morgan fingerprint density at radius 3 is 2.33 bits per heavy atom. The van der Waals surface area contributed by atoms with Crippen LogP contribution in [0.25, 0.3) is 11.3 Å². The van der Waals surface area contributed by atoms with Gasteiger partial charge in [0, 0.05) is 5.56 Å². The Labute approximate surface area is 146 Å². The van der Waals surface area contributed by atoms with Crippen LogP contribution in [0.4, 0.5) is 0 Å². The second-order valence-corrected chi connectivity index (χ2v) is 7.24. The van der Waals surface area contributed by atoms with E-state index in [2.05, 4.69) is 36.2 Å². The second kappa shape index (κ2) is 8.32. The Morgan fingerprint density at radius 2 is 1.71 bits per heavy atom. The number of nitrogens with zero attached hydrogens (tertiary/aromatic N) is 1. The number of aromatic nitrogens is 1. The summed E-state index contributed by atoms with van der Waals surface area (Å²) in [5.74, 6) is 1.91. The average Bonchev–Trinajstić information content (AvgIpc) is 2.63. The molecule has 0 atom stereocenters. The van der Waals surface area contributed by atoms with Crippen LogP contribution in [0.5, 0.6) is 5.75 Å². The topological polar surface area (TPSA) is 33.1 Å². The molecule has 128 valence electrons. The zero-order valence-electron chi connectivity index (χ0n) is 14.7. The highest BCUT2D eigenvalue weighted by atomic mass is 16.3. The highest BCUT2D eigenvalue weighted by Gasteiger charge is 2.22. The van der Waals surface area contributed by atoms with Gasteiger partial charge in [-0.15, -0.1) is 0 Å². The van der Waals surface area contributed by atoms with Crippen LogP contribution in [0, 0.1) is 5.92 Å².